The van der Waals surface area contributed by atoms with E-state index in [4.69, 9.17) is 4.42 Å². The van der Waals surface area contributed by atoms with E-state index >= 15 is 0 Å². The number of hydrogen-bond donors (Lipinski definition) is 3. The number of nitrogens with one attached hydrogen (secondary N) is 3. The van der Waals surface area contributed by atoms with Gasteiger partial charge in [0.25, 0.3) is 11.8 Å². The summed E-state index contributed by atoms with van der Waals surface area (Å²) in [6.45, 7) is 0. The van der Waals surface area contributed by atoms with E-state index in [0.717, 1.165) is 16.0 Å². The minimum Gasteiger partial charge on any atom is -0.436 e. The first-order valence-corrected chi connectivity index (χ1v) is 15.5. The van der Waals surface area contributed by atoms with Crippen molar-refractivity contribution in [3.8, 4) is 11.5 Å². The van der Waals surface area contributed by atoms with E-state index in [2.05, 4.69) is 20.9 Å². The molecule has 0 saturated carbocycles. The predicted molar refractivity (Wildman–Crippen MR) is 182 cm³/mol. The summed E-state index contributed by atoms with van der Waals surface area (Å²) < 4.78 is 19.3. The summed E-state index contributed by atoms with van der Waals surface area (Å²) >= 11 is 1.30. The van der Waals surface area contributed by atoms with Gasteiger partial charge in [-0.15, -0.1) is 11.8 Å². The molecule has 10 heteroatoms. The van der Waals surface area contributed by atoms with E-state index in [-0.39, 0.29) is 17.4 Å². The monoisotopic (exact) mass is 642 g/mol. The van der Waals surface area contributed by atoms with E-state index < -0.39 is 17.6 Å². The molecular formula is C37H27FN4O4S. The van der Waals surface area contributed by atoms with Crippen LogP contribution in [0.4, 0.5) is 15.8 Å². The van der Waals surface area contributed by atoms with E-state index in [9.17, 15) is 18.8 Å². The zero-order valence-electron chi connectivity index (χ0n) is 24.8. The molecule has 47 heavy (non-hydrogen) atoms. The van der Waals surface area contributed by atoms with E-state index in [1.807, 2.05) is 42.5 Å². The lowest BCUT2D eigenvalue weighted by Crippen LogP contribution is -2.30. The second-order valence-electron chi connectivity index (χ2n) is 10.3. The molecule has 6 aromatic rings. The maximum atomic E-state index is 13.5. The topological polar surface area (TPSA) is 113 Å². The Balaban J connectivity index is 1.07. The molecule has 232 valence electrons. The van der Waals surface area contributed by atoms with Crippen LogP contribution in [0.1, 0.15) is 15.9 Å². The van der Waals surface area contributed by atoms with Crippen molar-refractivity contribution in [2.45, 2.75) is 4.90 Å². The second-order valence-corrected chi connectivity index (χ2v) is 11.4. The summed E-state index contributed by atoms with van der Waals surface area (Å²) in [6.07, 6.45) is 1.47. The van der Waals surface area contributed by atoms with Crippen LogP contribution in [0.2, 0.25) is 0 Å². The number of nitrogens with zero attached hydrogens (tertiary/aromatic N) is 1. The summed E-state index contributed by atoms with van der Waals surface area (Å²) in [5, 5.41) is 8.35. The third-order valence-corrected chi connectivity index (χ3v) is 7.87. The van der Waals surface area contributed by atoms with Crippen molar-refractivity contribution >= 4 is 58.0 Å². The second kappa shape index (κ2) is 14.4. The molecule has 0 unspecified atom stereocenters. The van der Waals surface area contributed by atoms with E-state index in [1.54, 1.807) is 60.7 Å². The Morgan fingerprint density at radius 1 is 0.766 bits per heavy atom. The first kappa shape index (κ1) is 31.0. The number of fused-ring (bicyclic) bond motifs is 1. The zero-order valence-corrected chi connectivity index (χ0v) is 25.6. The SMILES string of the molecule is O=C(CSc1cccc(NC(=O)/C(=C/c2ccc(F)cc2)NC(=O)c2ccccc2)c1)Nc1ccc(-c2nc3ccccc3o2)cc1. The number of amides is 3. The Labute approximate surface area is 273 Å². The van der Waals surface area contributed by atoms with Gasteiger partial charge in [0.1, 0.15) is 17.0 Å². The van der Waals surface area contributed by atoms with Gasteiger partial charge in [0, 0.05) is 27.4 Å². The third kappa shape index (κ3) is 8.19. The first-order valence-electron chi connectivity index (χ1n) is 14.5. The number of anilines is 2. The van der Waals surface area contributed by atoms with Gasteiger partial charge in [0.2, 0.25) is 11.8 Å². The first-order chi connectivity index (χ1) is 22.9. The molecule has 0 aliphatic heterocycles. The molecule has 0 atom stereocenters. The lowest BCUT2D eigenvalue weighted by atomic mass is 10.1. The van der Waals surface area contributed by atoms with Crippen molar-refractivity contribution in [3.05, 3.63) is 150 Å². The molecule has 5 aromatic carbocycles. The minimum atomic E-state index is -0.570. The van der Waals surface area contributed by atoms with E-state index in [1.165, 1.54) is 42.1 Å². The number of halogens is 1. The van der Waals surface area contributed by atoms with Crippen LogP contribution in [0.15, 0.2) is 142 Å². The van der Waals surface area contributed by atoms with Gasteiger partial charge < -0.3 is 20.4 Å². The van der Waals surface area contributed by atoms with Gasteiger partial charge in [-0.3, -0.25) is 14.4 Å². The standard InChI is InChI=1S/C37H27FN4O4S/c38-27-17-13-24(14-18-27)21-32(41-35(44)25-7-2-1-3-8-25)36(45)40-29-9-6-10-30(22-29)47-23-34(43)39-28-19-15-26(16-20-28)37-42-31-11-4-5-12-33(31)46-37/h1-22H,23H2,(H,39,43)(H,40,45)(H,41,44)/b32-21-. The third-order valence-electron chi connectivity index (χ3n) is 6.88. The molecule has 0 fully saturated rings. The molecule has 3 amide bonds. The normalized spacial score (nSPS) is 11.2. The predicted octanol–water partition coefficient (Wildman–Crippen LogP) is 7.77. The van der Waals surface area contributed by atoms with Gasteiger partial charge in [0.15, 0.2) is 5.58 Å². The average Bonchev–Trinajstić information content (AvgIpc) is 3.53. The van der Waals surface area contributed by atoms with Crippen molar-refractivity contribution in [1.82, 2.24) is 10.3 Å². The molecule has 8 nitrogen and oxygen atoms in total. The van der Waals surface area contributed by atoms with Crippen LogP contribution in [-0.4, -0.2) is 28.5 Å². The van der Waals surface area contributed by atoms with Crippen molar-refractivity contribution in [2.24, 2.45) is 0 Å². The highest BCUT2D eigenvalue weighted by Crippen LogP contribution is 2.26. The Bertz CT molecular complexity index is 2050. The highest BCUT2D eigenvalue weighted by Gasteiger charge is 2.16. The molecule has 1 aromatic heterocycles. The Morgan fingerprint density at radius 2 is 1.51 bits per heavy atom. The number of carbonyl (C=O) groups is 3. The quantitative estimate of drug-likeness (QED) is 0.104. The number of aromatic nitrogens is 1. The fraction of sp³-hybridized carbons (Fsp3) is 0.0270. The smallest absolute Gasteiger partial charge is 0.272 e. The molecule has 0 spiro atoms. The number of para-hydroxylation sites is 2. The maximum Gasteiger partial charge on any atom is 0.272 e. The number of oxazole rings is 1. The van der Waals surface area contributed by atoms with Crippen molar-refractivity contribution in [3.63, 3.8) is 0 Å². The Kier molecular flexibility index (Phi) is 9.50. The number of rotatable bonds is 10. The molecule has 0 bridgehead atoms. The number of benzene rings is 5. The summed E-state index contributed by atoms with van der Waals surface area (Å²) in [5.41, 5.74) is 4.26. The highest BCUT2D eigenvalue weighted by molar-refractivity contribution is 8.00. The number of thioether (sulfide) groups is 1. The van der Waals surface area contributed by atoms with Gasteiger partial charge in [-0.05, 0) is 90.5 Å². The van der Waals surface area contributed by atoms with Crippen LogP contribution in [0.25, 0.3) is 28.6 Å². The van der Waals surface area contributed by atoms with Crippen LogP contribution in [0.5, 0.6) is 0 Å². The molecule has 3 N–H and O–H groups in total. The van der Waals surface area contributed by atoms with Gasteiger partial charge in [-0.1, -0.05) is 48.5 Å². The maximum absolute atomic E-state index is 13.5. The molecule has 0 radical (unpaired) electrons. The van der Waals surface area contributed by atoms with Crippen molar-refractivity contribution in [1.29, 1.82) is 0 Å². The van der Waals surface area contributed by atoms with Crippen molar-refractivity contribution < 1.29 is 23.2 Å². The van der Waals surface area contributed by atoms with Gasteiger partial charge in [-0.25, -0.2) is 9.37 Å². The average molecular weight is 643 g/mol. The lowest BCUT2D eigenvalue weighted by Gasteiger charge is -2.12. The van der Waals surface area contributed by atoms with Gasteiger partial charge in [-0.2, -0.15) is 0 Å². The van der Waals surface area contributed by atoms with Crippen LogP contribution < -0.4 is 16.0 Å². The zero-order chi connectivity index (χ0) is 32.6. The van der Waals surface area contributed by atoms with Gasteiger partial charge in [0.05, 0.1) is 5.75 Å². The number of carbonyl (C=O) groups excluding carboxylic acids is 3. The number of hydrogen-bond acceptors (Lipinski definition) is 6. The lowest BCUT2D eigenvalue weighted by molar-refractivity contribution is -0.114. The minimum absolute atomic E-state index is 0.0231. The van der Waals surface area contributed by atoms with Crippen LogP contribution in [0.3, 0.4) is 0 Å². The van der Waals surface area contributed by atoms with Crippen molar-refractivity contribution in [2.75, 3.05) is 16.4 Å². The summed E-state index contributed by atoms with van der Waals surface area (Å²) in [7, 11) is 0. The van der Waals surface area contributed by atoms with Crippen LogP contribution in [-0.2, 0) is 9.59 Å². The fourth-order valence-electron chi connectivity index (χ4n) is 4.57. The molecule has 6 rings (SSSR count). The molecule has 1 heterocycles. The largest absolute Gasteiger partial charge is 0.436 e. The van der Waals surface area contributed by atoms with Crippen LogP contribution >= 0.6 is 11.8 Å². The summed E-state index contributed by atoms with van der Waals surface area (Å²) in [5.74, 6) is -1.02. The van der Waals surface area contributed by atoms with Gasteiger partial charge >= 0.3 is 0 Å². The Hall–Kier alpha value is -6.00. The van der Waals surface area contributed by atoms with E-state index in [0.29, 0.717) is 34.0 Å². The summed E-state index contributed by atoms with van der Waals surface area (Å²) in [4.78, 5) is 44.2. The molecule has 0 aliphatic rings. The fourth-order valence-corrected chi connectivity index (χ4v) is 5.32. The highest BCUT2D eigenvalue weighted by atomic mass is 32.2. The van der Waals surface area contributed by atoms with Crippen LogP contribution in [0, 0.1) is 5.82 Å². The molecular weight excluding hydrogens is 615 g/mol. The summed E-state index contributed by atoms with van der Waals surface area (Å²) in [6, 6.07) is 35.8. The molecule has 0 saturated heterocycles. The molecule has 0 aliphatic carbocycles. The Morgan fingerprint density at radius 3 is 2.28 bits per heavy atom.